The molecule has 0 radical (unpaired) electrons. The second-order valence-corrected chi connectivity index (χ2v) is 5.58. The molecule has 0 aliphatic carbocycles. The molecular formula is C16H20N2OS. The number of nitrogens with one attached hydrogen (secondary N) is 2. The minimum atomic E-state index is -0.144. The third-order valence-electron chi connectivity index (χ3n) is 3.24. The summed E-state index contributed by atoms with van der Waals surface area (Å²) in [5.41, 5.74) is 3.31. The van der Waals surface area contributed by atoms with Gasteiger partial charge in [0.05, 0.1) is 6.54 Å². The minimum absolute atomic E-state index is 0.144. The zero-order chi connectivity index (χ0) is 14.4. The molecule has 2 amide bonds. The largest absolute Gasteiger partial charge is 0.333 e. The van der Waals surface area contributed by atoms with Crippen molar-refractivity contribution in [2.45, 2.75) is 33.2 Å². The first-order valence-corrected chi connectivity index (χ1v) is 7.80. The number of anilines is 1. The highest BCUT2D eigenvalue weighted by atomic mass is 32.1. The predicted octanol–water partition coefficient (Wildman–Crippen LogP) is 4.19. The maximum Gasteiger partial charge on any atom is 0.319 e. The lowest BCUT2D eigenvalue weighted by Gasteiger charge is -2.14. The van der Waals surface area contributed by atoms with Crippen LogP contribution in [0.25, 0.3) is 0 Å². The van der Waals surface area contributed by atoms with E-state index in [1.54, 1.807) is 11.3 Å². The number of hydrogen-bond donors (Lipinski definition) is 2. The molecule has 4 heteroatoms. The van der Waals surface area contributed by atoms with Gasteiger partial charge in [-0.2, -0.15) is 0 Å². The van der Waals surface area contributed by atoms with Crippen molar-refractivity contribution in [1.82, 2.24) is 5.32 Å². The van der Waals surface area contributed by atoms with Crippen LogP contribution in [0.15, 0.2) is 35.7 Å². The van der Waals surface area contributed by atoms with Gasteiger partial charge in [-0.05, 0) is 35.4 Å². The van der Waals surface area contributed by atoms with Gasteiger partial charge in [-0.1, -0.05) is 38.1 Å². The molecule has 0 aliphatic rings. The molecule has 0 fully saturated rings. The molecule has 0 atom stereocenters. The van der Waals surface area contributed by atoms with Crippen molar-refractivity contribution in [3.8, 4) is 0 Å². The molecule has 2 N–H and O–H groups in total. The molecule has 0 bridgehead atoms. The number of urea groups is 1. The molecule has 1 aromatic heterocycles. The first kappa shape index (κ1) is 14.6. The highest BCUT2D eigenvalue weighted by Gasteiger charge is 2.09. The van der Waals surface area contributed by atoms with Gasteiger partial charge in [-0.15, -0.1) is 11.3 Å². The Labute approximate surface area is 124 Å². The summed E-state index contributed by atoms with van der Waals surface area (Å²) in [6.07, 6.45) is 1.82. The molecular weight excluding hydrogens is 268 g/mol. The fraction of sp³-hybridized carbons (Fsp3) is 0.312. The fourth-order valence-corrected chi connectivity index (χ4v) is 2.79. The van der Waals surface area contributed by atoms with Crippen LogP contribution in [0.5, 0.6) is 0 Å². The molecule has 1 heterocycles. The number of amides is 2. The summed E-state index contributed by atoms with van der Waals surface area (Å²) in [5, 5.41) is 7.90. The van der Waals surface area contributed by atoms with Gasteiger partial charge in [0.25, 0.3) is 0 Å². The second kappa shape index (κ2) is 7.10. The number of benzene rings is 1. The van der Waals surface area contributed by atoms with Crippen molar-refractivity contribution < 1.29 is 4.79 Å². The number of aryl methyl sites for hydroxylation is 2. The van der Waals surface area contributed by atoms with E-state index in [2.05, 4.69) is 36.6 Å². The molecule has 0 aliphatic heterocycles. The van der Waals surface area contributed by atoms with Crippen molar-refractivity contribution in [3.63, 3.8) is 0 Å². The molecule has 0 spiro atoms. The lowest BCUT2D eigenvalue weighted by atomic mass is 10.0. The quantitative estimate of drug-likeness (QED) is 0.851. The summed E-state index contributed by atoms with van der Waals surface area (Å²) >= 11 is 1.64. The molecule has 106 valence electrons. The van der Waals surface area contributed by atoms with Crippen molar-refractivity contribution in [1.29, 1.82) is 0 Å². The third-order valence-corrected chi connectivity index (χ3v) is 4.12. The SMILES string of the molecule is CCc1cccc(CC)c1NC(=O)NCc1cccs1. The summed E-state index contributed by atoms with van der Waals surface area (Å²) in [4.78, 5) is 13.2. The molecule has 20 heavy (non-hydrogen) atoms. The Kier molecular flexibility index (Phi) is 5.18. The van der Waals surface area contributed by atoms with Crippen LogP contribution < -0.4 is 10.6 Å². The molecule has 1 aromatic carbocycles. The van der Waals surface area contributed by atoms with E-state index < -0.39 is 0 Å². The minimum Gasteiger partial charge on any atom is -0.333 e. The summed E-state index contributed by atoms with van der Waals surface area (Å²) in [5.74, 6) is 0. The normalized spacial score (nSPS) is 10.3. The van der Waals surface area contributed by atoms with E-state index in [-0.39, 0.29) is 6.03 Å². The van der Waals surface area contributed by atoms with Crippen LogP contribution in [0, 0.1) is 0 Å². The Morgan fingerprint density at radius 1 is 1.10 bits per heavy atom. The second-order valence-electron chi connectivity index (χ2n) is 4.55. The average Bonchev–Trinajstić information content (AvgIpc) is 2.98. The Bertz CT molecular complexity index is 542. The van der Waals surface area contributed by atoms with Crippen LogP contribution in [-0.4, -0.2) is 6.03 Å². The van der Waals surface area contributed by atoms with Gasteiger partial charge in [0.1, 0.15) is 0 Å². The highest BCUT2D eigenvalue weighted by Crippen LogP contribution is 2.22. The summed E-state index contributed by atoms with van der Waals surface area (Å²) in [6.45, 7) is 4.77. The van der Waals surface area contributed by atoms with Crippen LogP contribution in [-0.2, 0) is 19.4 Å². The van der Waals surface area contributed by atoms with E-state index in [9.17, 15) is 4.79 Å². The molecule has 0 unspecified atom stereocenters. The fourth-order valence-electron chi connectivity index (χ4n) is 2.14. The lowest BCUT2D eigenvalue weighted by molar-refractivity contribution is 0.252. The molecule has 2 rings (SSSR count). The van der Waals surface area contributed by atoms with Gasteiger partial charge in [0.15, 0.2) is 0 Å². The van der Waals surface area contributed by atoms with E-state index in [1.165, 1.54) is 11.1 Å². The number of rotatable bonds is 5. The van der Waals surface area contributed by atoms with Gasteiger partial charge >= 0.3 is 6.03 Å². The van der Waals surface area contributed by atoms with Crippen molar-refractivity contribution in [3.05, 3.63) is 51.7 Å². The van der Waals surface area contributed by atoms with Crippen LogP contribution in [0.3, 0.4) is 0 Å². The average molecular weight is 288 g/mol. The Morgan fingerprint density at radius 3 is 2.35 bits per heavy atom. The molecule has 2 aromatic rings. The number of carbonyl (C=O) groups is 1. The van der Waals surface area contributed by atoms with E-state index in [1.807, 2.05) is 23.6 Å². The maximum atomic E-state index is 12.0. The van der Waals surface area contributed by atoms with Crippen LogP contribution in [0.4, 0.5) is 10.5 Å². The van der Waals surface area contributed by atoms with Gasteiger partial charge in [0.2, 0.25) is 0 Å². The van der Waals surface area contributed by atoms with Gasteiger partial charge < -0.3 is 10.6 Å². The first-order chi connectivity index (χ1) is 9.74. The summed E-state index contributed by atoms with van der Waals surface area (Å²) in [7, 11) is 0. The van der Waals surface area contributed by atoms with Crippen LogP contribution >= 0.6 is 11.3 Å². The summed E-state index contributed by atoms with van der Waals surface area (Å²) < 4.78 is 0. The Balaban J connectivity index is 2.03. The van der Waals surface area contributed by atoms with E-state index in [4.69, 9.17) is 0 Å². The lowest BCUT2D eigenvalue weighted by Crippen LogP contribution is -2.28. The molecule has 0 saturated heterocycles. The van der Waals surface area contributed by atoms with Crippen molar-refractivity contribution >= 4 is 23.1 Å². The third kappa shape index (κ3) is 3.61. The van der Waals surface area contributed by atoms with Crippen LogP contribution in [0.2, 0.25) is 0 Å². The summed E-state index contributed by atoms with van der Waals surface area (Å²) in [6, 6.07) is 10.0. The molecule has 0 saturated carbocycles. The Hall–Kier alpha value is -1.81. The highest BCUT2D eigenvalue weighted by molar-refractivity contribution is 7.09. The maximum absolute atomic E-state index is 12.0. The monoisotopic (exact) mass is 288 g/mol. The number of hydrogen-bond acceptors (Lipinski definition) is 2. The standard InChI is InChI=1S/C16H20N2OS/c1-3-12-7-5-8-13(4-2)15(12)18-16(19)17-11-14-9-6-10-20-14/h5-10H,3-4,11H2,1-2H3,(H2,17,18,19). The number of carbonyl (C=O) groups excluding carboxylic acids is 1. The van der Waals surface area contributed by atoms with E-state index in [0.29, 0.717) is 6.54 Å². The first-order valence-electron chi connectivity index (χ1n) is 6.92. The number of para-hydroxylation sites is 1. The van der Waals surface area contributed by atoms with Crippen LogP contribution in [0.1, 0.15) is 29.9 Å². The number of thiophene rings is 1. The predicted molar refractivity (Wildman–Crippen MR) is 85.4 cm³/mol. The Morgan fingerprint density at radius 2 is 1.80 bits per heavy atom. The zero-order valence-corrected chi connectivity index (χ0v) is 12.7. The molecule has 3 nitrogen and oxygen atoms in total. The smallest absolute Gasteiger partial charge is 0.319 e. The van der Waals surface area contributed by atoms with Gasteiger partial charge in [-0.3, -0.25) is 0 Å². The van der Waals surface area contributed by atoms with E-state index >= 15 is 0 Å². The van der Waals surface area contributed by atoms with E-state index in [0.717, 1.165) is 23.4 Å². The van der Waals surface area contributed by atoms with Gasteiger partial charge in [0, 0.05) is 10.6 Å². The van der Waals surface area contributed by atoms with Gasteiger partial charge in [-0.25, -0.2) is 4.79 Å². The topological polar surface area (TPSA) is 41.1 Å². The van der Waals surface area contributed by atoms with Crippen molar-refractivity contribution in [2.75, 3.05) is 5.32 Å². The van der Waals surface area contributed by atoms with Crippen molar-refractivity contribution in [2.24, 2.45) is 0 Å². The zero-order valence-electron chi connectivity index (χ0n) is 11.9.